The molecule has 0 aliphatic carbocycles. The Bertz CT molecular complexity index is 575. The standard InChI is InChI=1S/C15H19N3OS.2ClH/c1-10(2)15-18-13(9-20-15)14(19)17-8-12(16)11-6-4-3-5-7-11;;/h3-7,9-10,12H,8,16H2,1-2H3,(H,17,19);2*1H. The number of amides is 1. The third-order valence-electron chi connectivity index (χ3n) is 2.96. The molecule has 1 heterocycles. The van der Waals surface area contributed by atoms with E-state index < -0.39 is 0 Å². The van der Waals surface area contributed by atoms with E-state index in [0.717, 1.165) is 10.6 Å². The van der Waals surface area contributed by atoms with Crippen LogP contribution >= 0.6 is 36.2 Å². The van der Waals surface area contributed by atoms with Crippen molar-refractivity contribution in [2.24, 2.45) is 5.73 Å². The minimum atomic E-state index is -0.205. The van der Waals surface area contributed by atoms with Gasteiger partial charge in [-0.15, -0.1) is 36.2 Å². The van der Waals surface area contributed by atoms with Crippen LogP contribution in [0.25, 0.3) is 0 Å². The first-order chi connectivity index (χ1) is 9.58. The van der Waals surface area contributed by atoms with Crippen LogP contribution in [0.5, 0.6) is 0 Å². The highest BCUT2D eigenvalue weighted by atomic mass is 35.5. The fourth-order valence-electron chi connectivity index (χ4n) is 1.77. The lowest BCUT2D eigenvalue weighted by atomic mass is 10.1. The summed E-state index contributed by atoms with van der Waals surface area (Å²) in [5, 5.41) is 5.59. The molecule has 0 aliphatic heterocycles. The van der Waals surface area contributed by atoms with Crippen LogP contribution in [0.3, 0.4) is 0 Å². The number of benzene rings is 1. The Labute approximate surface area is 147 Å². The van der Waals surface area contributed by atoms with E-state index in [0.29, 0.717) is 18.2 Å². The zero-order chi connectivity index (χ0) is 14.5. The van der Waals surface area contributed by atoms with E-state index >= 15 is 0 Å². The van der Waals surface area contributed by atoms with Crippen molar-refractivity contribution in [2.75, 3.05) is 6.54 Å². The van der Waals surface area contributed by atoms with Crippen molar-refractivity contribution in [3.8, 4) is 0 Å². The number of carbonyl (C=O) groups excluding carboxylic acids is 1. The molecule has 7 heteroatoms. The molecule has 0 bridgehead atoms. The molecule has 122 valence electrons. The molecule has 1 amide bonds. The smallest absolute Gasteiger partial charge is 0.270 e. The minimum Gasteiger partial charge on any atom is -0.349 e. The average molecular weight is 362 g/mol. The summed E-state index contributed by atoms with van der Waals surface area (Å²) >= 11 is 1.51. The molecule has 0 saturated carbocycles. The quantitative estimate of drug-likeness (QED) is 0.855. The van der Waals surface area contributed by atoms with Gasteiger partial charge in [0.25, 0.3) is 5.91 Å². The van der Waals surface area contributed by atoms with Gasteiger partial charge in [-0.1, -0.05) is 44.2 Å². The van der Waals surface area contributed by atoms with Gasteiger partial charge in [0.05, 0.1) is 5.01 Å². The van der Waals surface area contributed by atoms with Crippen molar-refractivity contribution >= 4 is 42.1 Å². The summed E-state index contributed by atoms with van der Waals surface area (Å²) in [7, 11) is 0. The number of hydrogen-bond donors (Lipinski definition) is 2. The largest absolute Gasteiger partial charge is 0.349 e. The molecule has 2 aromatic rings. The van der Waals surface area contributed by atoms with Gasteiger partial charge in [0.2, 0.25) is 0 Å². The third-order valence-corrected chi connectivity index (χ3v) is 4.10. The maximum atomic E-state index is 12.0. The highest BCUT2D eigenvalue weighted by Gasteiger charge is 2.13. The number of carbonyl (C=O) groups is 1. The Balaban J connectivity index is 0.00000220. The first kappa shape index (κ1) is 20.9. The molecular weight excluding hydrogens is 341 g/mol. The molecule has 0 spiro atoms. The Kier molecular flexibility index (Phi) is 9.28. The number of nitrogens with two attached hydrogens (primary N) is 1. The molecule has 2 rings (SSSR count). The van der Waals surface area contributed by atoms with Crippen LogP contribution in [0, 0.1) is 0 Å². The third kappa shape index (κ3) is 5.57. The predicted octanol–water partition coefficient (Wildman–Crippen LogP) is 3.54. The van der Waals surface area contributed by atoms with Crippen LogP contribution in [0.4, 0.5) is 0 Å². The van der Waals surface area contributed by atoms with Gasteiger partial charge in [-0.05, 0) is 5.56 Å². The summed E-state index contributed by atoms with van der Waals surface area (Å²) in [5.41, 5.74) is 7.52. The van der Waals surface area contributed by atoms with Gasteiger partial charge in [-0.2, -0.15) is 0 Å². The van der Waals surface area contributed by atoms with Gasteiger partial charge in [-0.3, -0.25) is 4.79 Å². The molecule has 1 atom stereocenters. The molecule has 4 nitrogen and oxygen atoms in total. The number of nitrogens with one attached hydrogen (secondary N) is 1. The molecule has 1 unspecified atom stereocenters. The second-order valence-electron chi connectivity index (χ2n) is 4.95. The van der Waals surface area contributed by atoms with E-state index in [2.05, 4.69) is 24.1 Å². The maximum Gasteiger partial charge on any atom is 0.270 e. The molecular formula is C15H21Cl2N3OS. The van der Waals surface area contributed by atoms with Crippen LogP contribution in [-0.4, -0.2) is 17.4 Å². The lowest BCUT2D eigenvalue weighted by Crippen LogP contribution is -2.32. The van der Waals surface area contributed by atoms with Gasteiger partial charge in [0, 0.05) is 23.9 Å². The summed E-state index contributed by atoms with van der Waals surface area (Å²) in [4.78, 5) is 16.3. The van der Waals surface area contributed by atoms with Crippen molar-refractivity contribution in [1.29, 1.82) is 0 Å². The van der Waals surface area contributed by atoms with Crippen molar-refractivity contribution < 1.29 is 4.79 Å². The number of halogens is 2. The molecule has 0 aliphatic rings. The van der Waals surface area contributed by atoms with Crippen molar-refractivity contribution in [3.63, 3.8) is 0 Å². The Hall–Kier alpha value is -1.14. The summed E-state index contributed by atoms with van der Waals surface area (Å²) in [5.74, 6) is 0.174. The normalized spacial score (nSPS) is 11.3. The SMILES string of the molecule is CC(C)c1nc(C(=O)NCC(N)c2ccccc2)cs1.Cl.Cl. The van der Waals surface area contributed by atoms with E-state index in [9.17, 15) is 4.79 Å². The van der Waals surface area contributed by atoms with Gasteiger partial charge in [-0.25, -0.2) is 4.98 Å². The molecule has 0 fully saturated rings. The second kappa shape index (κ2) is 9.79. The fourth-order valence-corrected chi connectivity index (χ4v) is 2.58. The topological polar surface area (TPSA) is 68.0 Å². The van der Waals surface area contributed by atoms with E-state index in [1.54, 1.807) is 5.38 Å². The molecule has 1 aromatic carbocycles. The molecule has 22 heavy (non-hydrogen) atoms. The van der Waals surface area contributed by atoms with Gasteiger partial charge < -0.3 is 11.1 Å². The maximum absolute atomic E-state index is 12.0. The van der Waals surface area contributed by atoms with E-state index in [-0.39, 0.29) is 36.8 Å². The van der Waals surface area contributed by atoms with Crippen LogP contribution in [0.2, 0.25) is 0 Å². The van der Waals surface area contributed by atoms with Crippen LogP contribution in [-0.2, 0) is 0 Å². The van der Waals surface area contributed by atoms with E-state index in [1.165, 1.54) is 11.3 Å². The first-order valence-electron chi connectivity index (χ1n) is 6.62. The highest BCUT2D eigenvalue weighted by molar-refractivity contribution is 7.09. The first-order valence-corrected chi connectivity index (χ1v) is 7.50. The lowest BCUT2D eigenvalue weighted by Gasteiger charge is -2.12. The Morgan fingerprint density at radius 3 is 2.45 bits per heavy atom. The van der Waals surface area contributed by atoms with Crippen LogP contribution in [0.15, 0.2) is 35.7 Å². The van der Waals surface area contributed by atoms with Crippen molar-refractivity contribution in [3.05, 3.63) is 52.0 Å². The fraction of sp³-hybridized carbons (Fsp3) is 0.333. The van der Waals surface area contributed by atoms with Gasteiger partial charge in [0.1, 0.15) is 5.69 Å². The van der Waals surface area contributed by atoms with Gasteiger partial charge >= 0.3 is 0 Å². The van der Waals surface area contributed by atoms with Crippen molar-refractivity contribution in [1.82, 2.24) is 10.3 Å². The summed E-state index contributed by atoms with van der Waals surface area (Å²) < 4.78 is 0. The average Bonchev–Trinajstić information content (AvgIpc) is 2.95. The molecule has 1 aromatic heterocycles. The monoisotopic (exact) mass is 361 g/mol. The van der Waals surface area contributed by atoms with Crippen LogP contribution < -0.4 is 11.1 Å². The summed E-state index contributed by atoms with van der Waals surface area (Å²) in [6.45, 7) is 4.52. The van der Waals surface area contributed by atoms with Crippen molar-refractivity contribution in [2.45, 2.75) is 25.8 Å². The molecule has 0 radical (unpaired) electrons. The number of aromatic nitrogens is 1. The minimum absolute atomic E-state index is 0. The number of thiazole rings is 1. The highest BCUT2D eigenvalue weighted by Crippen LogP contribution is 2.19. The second-order valence-corrected chi connectivity index (χ2v) is 5.84. The van der Waals surface area contributed by atoms with Crippen LogP contribution in [0.1, 0.15) is 46.9 Å². The number of rotatable bonds is 5. The Morgan fingerprint density at radius 2 is 1.91 bits per heavy atom. The van der Waals surface area contributed by atoms with E-state index in [1.807, 2.05) is 30.3 Å². The predicted molar refractivity (Wildman–Crippen MR) is 96.4 cm³/mol. The molecule has 3 N–H and O–H groups in total. The number of nitrogens with zero attached hydrogens (tertiary/aromatic N) is 1. The summed E-state index contributed by atoms with van der Waals surface area (Å²) in [6.07, 6.45) is 0. The number of hydrogen-bond acceptors (Lipinski definition) is 4. The zero-order valence-electron chi connectivity index (χ0n) is 12.5. The van der Waals surface area contributed by atoms with E-state index in [4.69, 9.17) is 5.73 Å². The Morgan fingerprint density at radius 1 is 1.27 bits per heavy atom. The zero-order valence-corrected chi connectivity index (χ0v) is 14.9. The molecule has 0 saturated heterocycles. The van der Waals surface area contributed by atoms with Gasteiger partial charge in [0.15, 0.2) is 0 Å². The lowest BCUT2D eigenvalue weighted by molar-refractivity contribution is 0.0946. The summed E-state index contributed by atoms with van der Waals surface area (Å²) in [6, 6.07) is 9.52.